The maximum atomic E-state index is 2.20. The number of hydrogen-bond acceptors (Lipinski definition) is 0. The number of benzene rings is 1. The molecule has 0 aliphatic carbocycles. The van der Waals surface area contributed by atoms with Crippen molar-refractivity contribution in [1.29, 1.82) is 0 Å². The highest BCUT2D eigenvalue weighted by Crippen LogP contribution is 2.05. The highest BCUT2D eigenvalue weighted by Gasteiger charge is 2.01. The van der Waals surface area contributed by atoms with Crippen LogP contribution in [0.25, 0.3) is 0 Å². The molecule has 1 aromatic carbocycles. The summed E-state index contributed by atoms with van der Waals surface area (Å²) in [4.78, 5) is 0. The SMILES string of the molecule is C[NH2+]C(C)c1ccccc1.[Cl-].[Cl-]. The van der Waals surface area contributed by atoms with E-state index in [0.29, 0.717) is 6.04 Å². The van der Waals surface area contributed by atoms with Crippen molar-refractivity contribution >= 4 is 0 Å². The van der Waals surface area contributed by atoms with Crippen molar-refractivity contribution in [3.63, 3.8) is 0 Å². The lowest BCUT2D eigenvalue weighted by Gasteiger charge is -2.05. The molecule has 0 heterocycles. The number of hydrogen-bond donors (Lipinski definition) is 1. The number of quaternary nitrogens is 1. The van der Waals surface area contributed by atoms with Gasteiger partial charge < -0.3 is 30.1 Å². The average Bonchev–Trinajstić information content (AvgIpc) is 2.05. The number of halogens is 2. The zero-order valence-electron chi connectivity index (χ0n) is 7.30. The minimum atomic E-state index is 0. The minimum absolute atomic E-state index is 0. The molecule has 0 radical (unpaired) electrons. The highest BCUT2D eigenvalue weighted by atomic mass is 35.5. The van der Waals surface area contributed by atoms with E-state index in [2.05, 4.69) is 43.6 Å². The molecule has 1 atom stereocenters. The number of nitrogens with two attached hydrogens (primary N) is 1. The first-order valence-electron chi connectivity index (χ1n) is 3.69. The van der Waals surface area contributed by atoms with E-state index in [-0.39, 0.29) is 24.8 Å². The third-order valence-corrected chi connectivity index (χ3v) is 1.83. The van der Waals surface area contributed by atoms with Gasteiger partial charge in [-0.1, -0.05) is 30.3 Å². The summed E-state index contributed by atoms with van der Waals surface area (Å²) in [5.41, 5.74) is 1.39. The van der Waals surface area contributed by atoms with E-state index in [1.54, 1.807) is 0 Å². The van der Waals surface area contributed by atoms with Crippen molar-refractivity contribution in [2.45, 2.75) is 13.0 Å². The molecule has 0 spiro atoms. The monoisotopic (exact) mass is 206 g/mol. The second kappa shape index (κ2) is 7.41. The molecule has 1 nitrogen and oxygen atoms in total. The molecule has 0 amide bonds. The molecule has 12 heavy (non-hydrogen) atoms. The van der Waals surface area contributed by atoms with E-state index in [1.807, 2.05) is 6.07 Å². The van der Waals surface area contributed by atoms with Crippen LogP contribution in [0.5, 0.6) is 0 Å². The van der Waals surface area contributed by atoms with Crippen LogP contribution in [0.2, 0.25) is 0 Å². The quantitative estimate of drug-likeness (QED) is 0.500. The average molecular weight is 207 g/mol. The minimum Gasteiger partial charge on any atom is -1.00 e. The molecule has 3 heteroatoms. The van der Waals surface area contributed by atoms with Gasteiger partial charge in [0, 0.05) is 5.56 Å². The van der Waals surface area contributed by atoms with Crippen molar-refractivity contribution < 1.29 is 30.1 Å². The van der Waals surface area contributed by atoms with Crippen molar-refractivity contribution in [3.05, 3.63) is 35.9 Å². The fourth-order valence-electron chi connectivity index (χ4n) is 0.949. The molecule has 2 N–H and O–H groups in total. The zero-order chi connectivity index (χ0) is 7.40. The maximum absolute atomic E-state index is 2.20. The van der Waals surface area contributed by atoms with Gasteiger partial charge in [-0.3, -0.25) is 0 Å². The lowest BCUT2D eigenvalue weighted by Crippen LogP contribution is -3.00. The van der Waals surface area contributed by atoms with Crippen LogP contribution in [0.1, 0.15) is 18.5 Å². The Morgan fingerprint density at radius 1 is 1.08 bits per heavy atom. The van der Waals surface area contributed by atoms with Crippen LogP contribution in [0.15, 0.2) is 30.3 Å². The Bertz CT molecular complexity index is 189. The summed E-state index contributed by atoms with van der Waals surface area (Å²) < 4.78 is 0. The number of rotatable bonds is 2. The first kappa shape index (κ1) is 14.3. The Kier molecular flexibility index (Phi) is 8.83. The van der Waals surface area contributed by atoms with E-state index in [1.165, 1.54) is 5.56 Å². The standard InChI is InChI=1S/C9H13N.2ClH/c1-8(10-2)9-6-4-3-5-7-9;;/h3-8,10H,1-2H3;2*1H/p-1. The zero-order valence-corrected chi connectivity index (χ0v) is 8.81. The molecule has 0 aliphatic heterocycles. The van der Waals surface area contributed by atoms with Gasteiger partial charge in [0.15, 0.2) is 0 Å². The predicted molar refractivity (Wildman–Crippen MR) is 42.7 cm³/mol. The first-order valence-corrected chi connectivity index (χ1v) is 3.69. The Balaban J connectivity index is 0. The lowest BCUT2D eigenvalue weighted by atomic mass is 10.1. The van der Waals surface area contributed by atoms with Gasteiger partial charge in [-0.25, -0.2) is 0 Å². The first-order chi connectivity index (χ1) is 4.84. The Labute approximate surface area is 86.4 Å². The van der Waals surface area contributed by atoms with Crippen molar-refractivity contribution in [3.8, 4) is 0 Å². The lowest BCUT2D eigenvalue weighted by molar-refractivity contribution is -0.666. The van der Waals surface area contributed by atoms with Gasteiger partial charge >= 0.3 is 0 Å². The van der Waals surface area contributed by atoms with Crippen LogP contribution < -0.4 is 30.1 Å². The molecule has 1 unspecified atom stereocenters. The molecule has 1 rings (SSSR count). The molecular weight excluding hydrogens is 193 g/mol. The summed E-state index contributed by atoms with van der Waals surface area (Å²) in [6.45, 7) is 2.20. The van der Waals surface area contributed by atoms with Gasteiger partial charge in [0.1, 0.15) is 6.04 Å². The summed E-state index contributed by atoms with van der Waals surface area (Å²) in [7, 11) is 2.09. The van der Waals surface area contributed by atoms with Crippen LogP contribution >= 0.6 is 0 Å². The van der Waals surface area contributed by atoms with E-state index in [4.69, 9.17) is 0 Å². The second-order valence-corrected chi connectivity index (χ2v) is 2.53. The third kappa shape index (κ3) is 3.96. The largest absolute Gasteiger partial charge is 1.00 e. The van der Waals surface area contributed by atoms with Crippen LogP contribution in [0.3, 0.4) is 0 Å². The van der Waals surface area contributed by atoms with E-state index in [0.717, 1.165) is 0 Å². The molecule has 70 valence electrons. The van der Waals surface area contributed by atoms with Gasteiger partial charge in [-0.05, 0) is 6.92 Å². The molecule has 0 saturated heterocycles. The van der Waals surface area contributed by atoms with Gasteiger partial charge in [0.2, 0.25) is 0 Å². The molecule has 0 fully saturated rings. The van der Waals surface area contributed by atoms with Gasteiger partial charge in [-0.15, -0.1) is 0 Å². The van der Waals surface area contributed by atoms with Crippen LogP contribution in [-0.2, 0) is 0 Å². The van der Waals surface area contributed by atoms with E-state index >= 15 is 0 Å². The van der Waals surface area contributed by atoms with Crippen LogP contribution in [-0.4, -0.2) is 7.05 Å². The normalized spacial score (nSPS) is 10.8. The second-order valence-electron chi connectivity index (χ2n) is 2.53. The summed E-state index contributed by atoms with van der Waals surface area (Å²) in [5.74, 6) is 0. The van der Waals surface area contributed by atoms with E-state index < -0.39 is 0 Å². The van der Waals surface area contributed by atoms with Crippen molar-refractivity contribution in [1.82, 2.24) is 0 Å². The van der Waals surface area contributed by atoms with Crippen molar-refractivity contribution in [2.24, 2.45) is 0 Å². The van der Waals surface area contributed by atoms with Gasteiger partial charge in [0.25, 0.3) is 0 Å². The molecule has 0 aromatic heterocycles. The van der Waals surface area contributed by atoms with E-state index in [9.17, 15) is 0 Å². The third-order valence-electron chi connectivity index (χ3n) is 1.83. The van der Waals surface area contributed by atoms with Crippen LogP contribution in [0, 0.1) is 0 Å². The maximum Gasteiger partial charge on any atom is 0.108 e. The van der Waals surface area contributed by atoms with Crippen molar-refractivity contribution in [2.75, 3.05) is 7.05 Å². The molecule has 1 aromatic rings. The summed E-state index contributed by atoms with van der Waals surface area (Å²) in [5, 5.41) is 2.20. The fraction of sp³-hybridized carbons (Fsp3) is 0.333. The van der Waals surface area contributed by atoms with Gasteiger partial charge in [-0.2, -0.15) is 0 Å². The topological polar surface area (TPSA) is 16.6 Å². The molecule has 0 saturated carbocycles. The fourth-order valence-corrected chi connectivity index (χ4v) is 0.949. The smallest absolute Gasteiger partial charge is 0.108 e. The highest BCUT2D eigenvalue weighted by molar-refractivity contribution is 5.16. The predicted octanol–water partition coefficient (Wildman–Crippen LogP) is -5.05. The molecular formula is C9H14Cl2N-. The Morgan fingerprint density at radius 3 is 2.00 bits per heavy atom. The molecule has 0 aliphatic rings. The van der Waals surface area contributed by atoms with Crippen LogP contribution in [0.4, 0.5) is 0 Å². The summed E-state index contributed by atoms with van der Waals surface area (Å²) in [6, 6.07) is 11.1. The Hall–Kier alpha value is -0.240. The summed E-state index contributed by atoms with van der Waals surface area (Å²) in [6.07, 6.45) is 0. The van der Waals surface area contributed by atoms with Gasteiger partial charge in [0.05, 0.1) is 7.05 Å². The molecule has 0 bridgehead atoms. The summed E-state index contributed by atoms with van der Waals surface area (Å²) >= 11 is 0. The Morgan fingerprint density at radius 2 is 1.58 bits per heavy atom.